The zero-order chi connectivity index (χ0) is 20.5. The Kier molecular flexibility index (Phi) is 5.95. The van der Waals surface area contributed by atoms with Gasteiger partial charge in [-0.3, -0.25) is 0 Å². The first kappa shape index (κ1) is 20.6. The van der Waals surface area contributed by atoms with Crippen LogP contribution < -0.4 is 0 Å². The number of aliphatic carboxylic acids is 1. The number of carboxylic acid groups (broad SMARTS) is 1. The standard InChI is InChI=1S/C19H22F3NO5/c20-19(21,22)12-3-1-2-10(6-12)16(24)5-4-11-7-13-14(18(11)27)8-15(13)23-28-9-17(25)26/h1-3,6,11,13-14,16,18,24,27H,4-5,7-9H2,(H,25,26)/b23-15-. The van der Waals surface area contributed by atoms with Crippen LogP contribution in [0.15, 0.2) is 29.4 Å². The van der Waals surface area contributed by atoms with E-state index in [0.29, 0.717) is 19.3 Å². The van der Waals surface area contributed by atoms with Crippen LogP contribution in [0.25, 0.3) is 0 Å². The average Bonchev–Trinajstić information content (AvgIpc) is 2.86. The van der Waals surface area contributed by atoms with Crippen LogP contribution in [0.3, 0.4) is 0 Å². The van der Waals surface area contributed by atoms with Crippen LogP contribution in [0.5, 0.6) is 0 Å². The molecular weight excluding hydrogens is 379 g/mol. The molecule has 1 aromatic rings. The first-order valence-electron chi connectivity index (χ1n) is 9.10. The van der Waals surface area contributed by atoms with E-state index in [0.717, 1.165) is 17.8 Å². The van der Waals surface area contributed by atoms with E-state index in [1.165, 1.54) is 12.1 Å². The SMILES string of the molecule is O=C(O)CO/N=C1/CC2C1CC(CCC(O)c1cccc(C(F)(F)F)c1)C2O. The molecule has 0 saturated heterocycles. The predicted molar refractivity (Wildman–Crippen MR) is 92.4 cm³/mol. The van der Waals surface area contributed by atoms with Crippen LogP contribution in [0.2, 0.25) is 0 Å². The number of rotatable bonds is 7. The van der Waals surface area contributed by atoms with Crippen LogP contribution in [0, 0.1) is 17.8 Å². The largest absolute Gasteiger partial charge is 0.479 e. The number of aliphatic hydroxyl groups excluding tert-OH is 2. The summed E-state index contributed by atoms with van der Waals surface area (Å²) in [5, 5.41) is 33.1. The van der Waals surface area contributed by atoms with Crippen molar-refractivity contribution in [3.05, 3.63) is 35.4 Å². The van der Waals surface area contributed by atoms with Crippen LogP contribution in [0.4, 0.5) is 13.2 Å². The molecule has 2 aliphatic carbocycles. The summed E-state index contributed by atoms with van der Waals surface area (Å²) in [4.78, 5) is 15.2. The summed E-state index contributed by atoms with van der Waals surface area (Å²) in [5.41, 5.74) is 0.131. The summed E-state index contributed by atoms with van der Waals surface area (Å²) >= 11 is 0. The van der Waals surface area contributed by atoms with E-state index in [2.05, 4.69) is 5.16 Å². The van der Waals surface area contributed by atoms with E-state index in [9.17, 15) is 28.2 Å². The maximum Gasteiger partial charge on any atom is 0.416 e. The van der Waals surface area contributed by atoms with E-state index in [4.69, 9.17) is 9.94 Å². The van der Waals surface area contributed by atoms with Crippen molar-refractivity contribution in [3.63, 3.8) is 0 Å². The molecule has 0 aliphatic heterocycles. The summed E-state index contributed by atoms with van der Waals surface area (Å²) in [6.07, 6.45) is -4.19. The van der Waals surface area contributed by atoms with Crippen molar-refractivity contribution in [1.82, 2.24) is 0 Å². The molecule has 2 saturated carbocycles. The maximum atomic E-state index is 12.8. The summed E-state index contributed by atoms with van der Waals surface area (Å²) in [6.45, 7) is -0.518. The molecule has 2 fully saturated rings. The molecule has 28 heavy (non-hydrogen) atoms. The third-order valence-electron chi connectivity index (χ3n) is 5.65. The molecule has 0 radical (unpaired) electrons. The van der Waals surface area contributed by atoms with Crippen LogP contribution in [-0.4, -0.2) is 39.7 Å². The van der Waals surface area contributed by atoms with Gasteiger partial charge in [0.05, 0.1) is 23.5 Å². The Morgan fingerprint density at radius 2 is 2.11 bits per heavy atom. The number of hydrogen-bond donors (Lipinski definition) is 3. The molecule has 3 rings (SSSR count). The van der Waals surface area contributed by atoms with Gasteiger partial charge < -0.3 is 20.2 Å². The number of alkyl halides is 3. The number of halogens is 3. The highest BCUT2D eigenvalue weighted by molar-refractivity contribution is 5.93. The van der Waals surface area contributed by atoms with Crippen molar-refractivity contribution in [3.8, 4) is 0 Å². The lowest BCUT2D eigenvalue weighted by atomic mass is 9.73. The second kappa shape index (κ2) is 8.08. The van der Waals surface area contributed by atoms with Gasteiger partial charge in [-0.25, -0.2) is 4.79 Å². The zero-order valence-corrected chi connectivity index (χ0v) is 15.0. The Bertz CT molecular complexity index is 751. The average molecular weight is 401 g/mol. The van der Waals surface area contributed by atoms with E-state index in [-0.39, 0.29) is 29.7 Å². The minimum atomic E-state index is -4.46. The highest BCUT2D eigenvalue weighted by Crippen LogP contribution is 2.49. The third-order valence-corrected chi connectivity index (χ3v) is 5.65. The van der Waals surface area contributed by atoms with E-state index in [1.54, 1.807) is 0 Å². The highest BCUT2D eigenvalue weighted by atomic mass is 19.4. The fourth-order valence-corrected chi connectivity index (χ4v) is 4.13. The minimum absolute atomic E-state index is 0.0273. The van der Waals surface area contributed by atoms with Crippen molar-refractivity contribution < 1.29 is 38.1 Å². The topological polar surface area (TPSA) is 99.4 Å². The predicted octanol–water partition coefficient (Wildman–Crippen LogP) is 2.99. The highest BCUT2D eigenvalue weighted by Gasteiger charge is 2.51. The Hall–Kier alpha value is -2.13. The third kappa shape index (κ3) is 4.47. The van der Waals surface area contributed by atoms with Gasteiger partial charge in [0.25, 0.3) is 0 Å². The Morgan fingerprint density at radius 3 is 2.79 bits per heavy atom. The van der Waals surface area contributed by atoms with Crippen molar-refractivity contribution in [2.24, 2.45) is 22.9 Å². The molecule has 0 spiro atoms. The summed E-state index contributed by atoms with van der Waals surface area (Å²) in [5.74, 6) is -1.15. The van der Waals surface area contributed by atoms with E-state index >= 15 is 0 Å². The van der Waals surface area contributed by atoms with Gasteiger partial charge in [0.2, 0.25) is 6.61 Å². The summed E-state index contributed by atoms with van der Waals surface area (Å²) in [6, 6.07) is 4.64. The number of carbonyl (C=O) groups is 1. The lowest BCUT2D eigenvalue weighted by Crippen LogP contribution is -2.38. The van der Waals surface area contributed by atoms with Gasteiger partial charge in [0.1, 0.15) is 0 Å². The first-order chi connectivity index (χ1) is 13.2. The molecule has 5 atom stereocenters. The van der Waals surface area contributed by atoms with Crippen molar-refractivity contribution in [2.75, 3.05) is 6.61 Å². The molecule has 3 N–H and O–H groups in total. The Morgan fingerprint density at radius 1 is 1.36 bits per heavy atom. The zero-order valence-electron chi connectivity index (χ0n) is 15.0. The quantitative estimate of drug-likeness (QED) is 0.610. The van der Waals surface area contributed by atoms with Gasteiger partial charge in [-0.05, 0) is 55.2 Å². The summed E-state index contributed by atoms with van der Waals surface area (Å²) in [7, 11) is 0. The molecule has 1 aromatic carbocycles. The molecule has 0 aromatic heterocycles. The van der Waals surface area contributed by atoms with Gasteiger partial charge in [0.15, 0.2) is 0 Å². The van der Waals surface area contributed by atoms with Gasteiger partial charge in [-0.2, -0.15) is 13.2 Å². The van der Waals surface area contributed by atoms with Gasteiger partial charge in [-0.1, -0.05) is 17.3 Å². The van der Waals surface area contributed by atoms with Gasteiger partial charge >= 0.3 is 12.1 Å². The Balaban J connectivity index is 1.53. The van der Waals surface area contributed by atoms with Crippen LogP contribution in [0.1, 0.15) is 42.9 Å². The Labute approximate surface area is 159 Å². The molecule has 154 valence electrons. The maximum absolute atomic E-state index is 12.8. The smallest absolute Gasteiger partial charge is 0.416 e. The lowest BCUT2D eigenvalue weighted by Gasteiger charge is -2.33. The number of oxime groups is 1. The van der Waals surface area contributed by atoms with Crippen molar-refractivity contribution in [2.45, 2.75) is 44.1 Å². The molecule has 0 amide bonds. The second-order valence-electron chi connectivity index (χ2n) is 7.43. The molecule has 0 heterocycles. The second-order valence-corrected chi connectivity index (χ2v) is 7.43. The molecule has 5 unspecified atom stereocenters. The van der Waals surface area contributed by atoms with Gasteiger partial charge in [-0.15, -0.1) is 0 Å². The fraction of sp³-hybridized carbons (Fsp3) is 0.579. The number of aliphatic hydroxyl groups is 2. The van der Waals surface area contributed by atoms with E-state index in [1.807, 2.05) is 0 Å². The number of fused-ring (bicyclic) bond motifs is 1. The molecule has 9 heteroatoms. The molecule has 6 nitrogen and oxygen atoms in total. The molecule has 2 aliphatic rings. The van der Waals surface area contributed by atoms with Gasteiger partial charge in [0, 0.05) is 5.92 Å². The normalized spacial score (nSPS) is 29.2. The van der Waals surface area contributed by atoms with E-state index < -0.39 is 36.5 Å². The number of carboxylic acids is 1. The number of nitrogens with zero attached hydrogens (tertiary/aromatic N) is 1. The van der Waals surface area contributed by atoms with Crippen LogP contribution in [-0.2, 0) is 15.8 Å². The lowest BCUT2D eigenvalue weighted by molar-refractivity contribution is -0.142. The summed E-state index contributed by atoms with van der Waals surface area (Å²) < 4.78 is 38.4. The molecular formula is C19H22F3NO5. The number of hydrogen-bond acceptors (Lipinski definition) is 5. The van der Waals surface area contributed by atoms with Crippen LogP contribution >= 0.6 is 0 Å². The monoisotopic (exact) mass is 401 g/mol. The fourth-order valence-electron chi connectivity index (χ4n) is 4.13. The van der Waals surface area contributed by atoms with Crippen molar-refractivity contribution in [1.29, 1.82) is 0 Å². The minimum Gasteiger partial charge on any atom is -0.479 e. The van der Waals surface area contributed by atoms with Crippen molar-refractivity contribution >= 4 is 11.7 Å². The number of benzene rings is 1. The molecule has 0 bridgehead atoms. The first-order valence-corrected chi connectivity index (χ1v) is 9.10.